The maximum atomic E-state index is 6.43. The smallest absolute Gasteiger partial charge is 0.0702 e. The maximum absolute atomic E-state index is 6.43. The molecule has 0 bridgehead atoms. The van der Waals surface area contributed by atoms with E-state index in [1.165, 1.54) is 29.5 Å². The number of piperidine rings is 1. The summed E-state index contributed by atoms with van der Waals surface area (Å²) in [6, 6.07) is 6.72. The van der Waals surface area contributed by atoms with Crippen LogP contribution in [-0.4, -0.2) is 37.2 Å². The highest BCUT2D eigenvalue weighted by Gasteiger charge is 2.22. The van der Waals surface area contributed by atoms with Gasteiger partial charge in [-0.3, -0.25) is 4.90 Å². The number of benzene rings is 1. The van der Waals surface area contributed by atoms with Gasteiger partial charge < -0.3 is 10.5 Å². The Bertz CT molecular complexity index is 427. The zero-order valence-corrected chi connectivity index (χ0v) is 13.8. The van der Waals surface area contributed by atoms with Crippen LogP contribution in [-0.2, 0) is 4.74 Å². The molecule has 0 radical (unpaired) electrons. The van der Waals surface area contributed by atoms with Gasteiger partial charge in [0.25, 0.3) is 0 Å². The molecule has 118 valence electrons. The van der Waals surface area contributed by atoms with Crippen molar-refractivity contribution in [1.29, 1.82) is 0 Å². The highest BCUT2D eigenvalue weighted by atomic mass is 16.5. The molecule has 2 atom stereocenters. The van der Waals surface area contributed by atoms with E-state index in [0.717, 1.165) is 32.7 Å². The predicted octanol–water partition coefficient (Wildman–Crippen LogP) is 3.19. The molecule has 0 saturated carbocycles. The number of rotatable bonds is 6. The molecule has 1 aliphatic heterocycles. The van der Waals surface area contributed by atoms with E-state index >= 15 is 0 Å². The van der Waals surface area contributed by atoms with Crippen LogP contribution >= 0.6 is 0 Å². The fourth-order valence-corrected chi connectivity index (χ4v) is 3.21. The summed E-state index contributed by atoms with van der Waals surface area (Å²) in [4.78, 5) is 2.46. The molecule has 0 spiro atoms. The van der Waals surface area contributed by atoms with Gasteiger partial charge in [-0.25, -0.2) is 0 Å². The van der Waals surface area contributed by atoms with Gasteiger partial charge in [-0.1, -0.05) is 36.2 Å². The quantitative estimate of drug-likeness (QED) is 0.874. The van der Waals surface area contributed by atoms with Crippen LogP contribution < -0.4 is 5.73 Å². The molecule has 0 aromatic heterocycles. The Hall–Kier alpha value is -0.900. The molecule has 0 aliphatic carbocycles. The van der Waals surface area contributed by atoms with E-state index in [1.807, 2.05) is 0 Å². The molecular weight excluding hydrogens is 260 g/mol. The lowest BCUT2D eigenvalue weighted by Gasteiger charge is -2.34. The van der Waals surface area contributed by atoms with E-state index in [1.54, 1.807) is 0 Å². The molecule has 1 saturated heterocycles. The van der Waals surface area contributed by atoms with Crippen LogP contribution in [0.25, 0.3) is 0 Å². The zero-order valence-electron chi connectivity index (χ0n) is 13.8. The van der Waals surface area contributed by atoms with Crippen molar-refractivity contribution in [1.82, 2.24) is 4.90 Å². The number of hydrogen-bond donors (Lipinski definition) is 1. The third kappa shape index (κ3) is 5.10. The van der Waals surface area contributed by atoms with Crippen LogP contribution in [0.4, 0.5) is 0 Å². The maximum Gasteiger partial charge on any atom is 0.0702 e. The first-order chi connectivity index (χ1) is 10.1. The second-order valence-electron chi connectivity index (χ2n) is 6.42. The van der Waals surface area contributed by atoms with Crippen molar-refractivity contribution in [3.05, 3.63) is 34.9 Å². The minimum absolute atomic E-state index is 0.0912. The number of nitrogens with zero attached hydrogens (tertiary/aromatic N) is 1. The van der Waals surface area contributed by atoms with Gasteiger partial charge in [0.15, 0.2) is 0 Å². The van der Waals surface area contributed by atoms with E-state index < -0.39 is 0 Å². The molecule has 1 aliphatic rings. The standard InChI is InChI=1S/C18H30N2O/c1-4-8-21-17-6-5-7-20(12-17)13-18(19)16-10-14(2)9-15(3)11-16/h9-11,17-18H,4-8,12-13,19H2,1-3H3. The highest BCUT2D eigenvalue weighted by Crippen LogP contribution is 2.19. The zero-order chi connectivity index (χ0) is 15.2. The van der Waals surface area contributed by atoms with Gasteiger partial charge in [-0.15, -0.1) is 0 Å². The Morgan fingerprint density at radius 2 is 2.00 bits per heavy atom. The SMILES string of the molecule is CCCOC1CCCN(CC(N)c2cc(C)cc(C)c2)C1. The lowest BCUT2D eigenvalue weighted by Crippen LogP contribution is -2.43. The van der Waals surface area contributed by atoms with Crippen LogP contribution in [0, 0.1) is 13.8 Å². The van der Waals surface area contributed by atoms with Crippen molar-refractivity contribution in [2.24, 2.45) is 5.73 Å². The van der Waals surface area contributed by atoms with E-state index in [9.17, 15) is 0 Å². The minimum atomic E-state index is 0.0912. The van der Waals surface area contributed by atoms with E-state index in [2.05, 4.69) is 43.9 Å². The van der Waals surface area contributed by atoms with Gasteiger partial charge in [0, 0.05) is 25.7 Å². The Kier molecular flexibility index (Phi) is 6.22. The molecule has 3 nitrogen and oxygen atoms in total. The third-order valence-corrected chi connectivity index (χ3v) is 4.15. The molecular formula is C18H30N2O. The first kappa shape index (κ1) is 16.5. The van der Waals surface area contributed by atoms with Crippen molar-refractivity contribution in [3.63, 3.8) is 0 Å². The summed E-state index contributed by atoms with van der Waals surface area (Å²) in [5, 5.41) is 0. The molecule has 1 fully saturated rings. The van der Waals surface area contributed by atoms with E-state index in [0.29, 0.717) is 6.10 Å². The lowest BCUT2D eigenvalue weighted by atomic mass is 10.0. The summed E-state index contributed by atoms with van der Waals surface area (Å²) in [7, 11) is 0. The summed E-state index contributed by atoms with van der Waals surface area (Å²) in [6.45, 7) is 10.4. The first-order valence-electron chi connectivity index (χ1n) is 8.26. The highest BCUT2D eigenvalue weighted by molar-refractivity contribution is 5.30. The van der Waals surface area contributed by atoms with Gasteiger partial charge in [0.2, 0.25) is 0 Å². The number of ether oxygens (including phenoxy) is 1. The van der Waals surface area contributed by atoms with Crippen LogP contribution in [0.1, 0.15) is 48.9 Å². The normalized spacial score (nSPS) is 21.4. The van der Waals surface area contributed by atoms with Crippen molar-refractivity contribution >= 4 is 0 Å². The van der Waals surface area contributed by atoms with Crippen LogP contribution in [0.2, 0.25) is 0 Å². The third-order valence-electron chi connectivity index (χ3n) is 4.15. The lowest BCUT2D eigenvalue weighted by molar-refractivity contribution is -0.00138. The van der Waals surface area contributed by atoms with Crippen molar-refractivity contribution in [2.45, 2.75) is 52.2 Å². The second-order valence-corrected chi connectivity index (χ2v) is 6.42. The van der Waals surface area contributed by atoms with Gasteiger partial charge in [0.1, 0.15) is 0 Å². The number of nitrogens with two attached hydrogens (primary N) is 1. The average molecular weight is 290 g/mol. The molecule has 0 amide bonds. The topological polar surface area (TPSA) is 38.5 Å². The van der Waals surface area contributed by atoms with E-state index in [4.69, 9.17) is 10.5 Å². The summed E-state index contributed by atoms with van der Waals surface area (Å²) < 4.78 is 5.91. The monoisotopic (exact) mass is 290 g/mol. The largest absolute Gasteiger partial charge is 0.377 e. The molecule has 2 unspecified atom stereocenters. The molecule has 2 rings (SSSR count). The van der Waals surface area contributed by atoms with Crippen LogP contribution in [0.15, 0.2) is 18.2 Å². The van der Waals surface area contributed by atoms with E-state index in [-0.39, 0.29) is 6.04 Å². The molecule has 1 heterocycles. The number of aryl methyl sites for hydroxylation is 2. The Morgan fingerprint density at radius 3 is 2.67 bits per heavy atom. The molecule has 1 aromatic carbocycles. The molecule has 2 N–H and O–H groups in total. The van der Waals surface area contributed by atoms with Crippen LogP contribution in [0.5, 0.6) is 0 Å². The predicted molar refractivity (Wildman–Crippen MR) is 88.5 cm³/mol. The van der Waals surface area contributed by atoms with Gasteiger partial charge in [-0.05, 0) is 45.2 Å². The van der Waals surface area contributed by atoms with Gasteiger partial charge >= 0.3 is 0 Å². The number of likely N-dealkylation sites (tertiary alicyclic amines) is 1. The number of hydrogen-bond acceptors (Lipinski definition) is 3. The first-order valence-corrected chi connectivity index (χ1v) is 8.26. The summed E-state index contributed by atoms with van der Waals surface area (Å²) in [5.41, 5.74) is 10.3. The molecule has 21 heavy (non-hydrogen) atoms. The average Bonchev–Trinajstić information content (AvgIpc) is 2.44. The fourth-order valence-electron chi connectivity index (χ4n) is 3.21. The van der Waals surface area contributed by atoms with Crippen LogP contribution in [0.3, 0.4) is 0 Å². The second kappa shape index (κ2) is 7.92. The van der Waals surface area contributed by atoms with Crippen molar-refractivity contribution in [3.8, 4) is 0 Å². The summed E-state index contributed by atoms with van der Waals surface area (Å²) in [5.74, 6) is 0. The Morgan fingerprint density at radius 1 is 1.29 bits per heavy atom. The van der Waals surface area contributed by atoms with Gasteiger partial charge in [-0.2, -0.15) is 0 Å². The Balaban J connectivity index is 1.90. The summed E-state index contributed by atoms with van der Waals surface area (Å²) >= 11 is 0. The fraction of sp³-hybridized carbons (Fsp3) is 0.667. The van der Waals surface area contributed by atoms with Gasteiger partial charge in [0.05, 0.1) is 6.10 Å². The van der Waals surface area contributed by atoms with Crippen molar-refractivity contribution in [2.75, 3.05) is 26.2 Å². The van der Waals surface area contributed by atoms with Crippen molar-refractivity contribution < 1.29 is 4.74 Å². The minimum Gasteiger partial charge on any atom is -0.377 e. The molecule has 1 aromatic rings. The molecule has 3 heteroatoms. The Labute approximate surface area is 129 Å². The summed E-state index contributed by atoms with van der Waals surface area (Å²) in [6.07, 6.45) is 3.90.